The highest BCUT2D eigenvalue weighted by Crippen LogP contribution is 2.32. The van der Waals surface area contributed by atoms with Crippen molar-refractivity contribution in [1.82, 2.24) is 4.90 Å². The molecular formula is C31H29Cl2NO4. The number of nitrogens with zero attached hydrogens (tertiary/aromatic N) is 1. The topological polar surface area (TPSA) is 70.8 Å². The second-order valence-corrected chi connectivity index (χ2v) is 10.8. The highest BCUT2D eigenvalue weighted by Gasteiger charge is 2.34. The smallest absolute Gasteiger partial charge is 0.326 e. The standard InChI is InChI=1S/C31H29Cl2NO4/c32-24-14-15-25(26(33)18-24)30(35)34(27(31(36)37)16-20-6-2-1-3-7-20)19-21-10-12-22(13-11-21)29-17-23-8-4-5-9-28(23)38-29/h4-5,8-15,17-18,20,27H,1-3,6-7,16,19H2,(H,36,37). The van der Waals surface area contributed by atoms with Gasteiger partial charge in [-0.05, 0) is 48.2 Å². The summed E-state index contributed by atoms with van der Waals surface area (Å²) in [5.74, 6) is -0.403. The first-order valence-corrected chi connectivity index (χ1v) is 13.7. The molecule has 1 N–H and O–H groups in total. The molecule has 1 unspecified atom stereocenters. The number of carboxylic acids is 1. The number of rotatable bonds is 8. The van der Waals surface area contributed by atoms with Crippen molar-refractivity contribution >= 4 is 46.0 Å². The monoisotopic (exact) mass is 549 g/mol. The van der Waals surface area contributed by atoms with Gasteiger partial charge in [0, 0.05) is 22.5 Å². The summed E-state index contributed by atoms with van der Waals surface area (Å²) in [5, 5.41) is 11.9. The number of aliphatic carboxylic acids is 1. The van der Waals surface area contributed by atoms with Gasteiger partial charge in [0.15, 0.2) is 0 Å². The number of benzene rings is 3. The van der Waals surface area contributed by atoms with Crippen molar-refractivity contribution in [3.63, 3.8) is 0 Å². The zero-order valence-electron chi connectivity index (χ0n) is 20.9. The average Bonchev–Trinajstić information content (AvgIpc) is 3.35. The van der Waals surface area contributed by atoms with Crippen molar-refractivity contribution < 1.29 is 19.1 Å². The molecule has 1 aliphatic carbocycles. The van der Waals surface area contributed by atoms with E-state index >= 15 is 0 Å². The molecule has 0 bridgehead atoms. The molecule has 1 aromatic heterocycles. The Hall–Kier alpha value is -3.28. The van der Waals surface area contributed by atoms with Gasteiger partial charge in [0.05, 0.1) is 10.6 Å². The Kier molecular flexibility index (Phi) is 8.06. The Bertz CT molecular complexity index is 1410. The Morgan fingerprint density at radius 3 is 2.37 bits per heavy atom. The zero-order valence-corrected chi connectivity index (χ0v) is 22.4. The molecule has 1 aliphatic rings. The molecule has 1 amide bonds. The average molecular weight is 550 g/mol. The quantitative estimate of drug-likeness (QED) is 0.239. The number of halogens is 2. The van der Waals surface area contributed by atoms with E-state index in [1.54, 1.807) is 12.1 Å². The summed E-state index contributed by atoms with van der Waals surface area (Å²) >= 11 is 12.4. The summed E-state index contributed by atoms with van der Waals surface area (Å²) in [6.45, 7) is 0.141. The molecule has 3 aromatic carbocycles. The van der Waals surface area contributed by atoms with Gasteiger partial charge in [-0.3, -0.25) is 4.79 Å². The van der Waals surface area contributed by atoms with E-state index in [1.165, 1.54) is 17.4 Å². The maximum Gasteiger partial charge on any atom is 0.326 e. The third kappa shape index (κ3) is 5.90. The maximum absolute atomic E-state index is 13.8. The van der Waals surface area contributed by atoms with Gasteiger partial charge in [-0.15, -0.1) is 0 Å². The largest absolute Gasteiger partial charge is 0.480 e. The van der Waals surface area contributed by atoms with Gasteiger partial charge in [-0.1, -0.05) is 97.8 Å². The van der Waals surface area contributed by atoms with E-state index in [2.05, 4.69) is 0 Å². The summed E-state index contributed by atoms with van der Waals surface area (Å²) in [4.78, 5) is 27.8. The van der Waals surface area contributed by atoms with Crippen LogP contribution in [0.15, 0.2) is 77.2 Å². The van der Waals surface area contributed by atoms with Crippen molar-refractivity contribution in [2.24, 2.45) is 5.92 Å². The molecule has 5 rings (SSSR count). The van der Waals surface area contributed by atoms with Crippen molar-refractivity contribution in [3.05, 3.63) is 94.0 Å². The van der Waals surface area contributed by atoms with Crippen LogP contribution in [-0.2, 0) is 11.3 Å². The summed E-state index contributed by atoms with van der Waals surface area (Å²) in [5.41, 5.74) is 2.78. The molecular weight excluding hydrogens is 521 g/mol. The normalized spacial score (nSPS) is 14.9. The van der Waals surface area contributed by atoms with Crippen molar-refractivity contribution in [2.75, 3.05) is 0 Å². The fraction of sp³-hybridized carbons (Fsp3) is 0.290. The van der Waals surface area contributed by atoms with Crippen LogP contribution in [0.5, 0.6) is 0 Å². The Morgan fingerprint density at radius 1 is 0.947 bits per heavy atom. The van der Waals surface area contributed by atoms with Crippen LogP contribution in [0.2, 0.25) is 10.0 Å². The molecule has 1 fully saturated rings. The van der Waals surface area contributed by atoms with E-state index in [0.717, 1.165) is 53.5 Å². The fourth-order valence-electron chi connectivity index (χ4n) is 5.34. The molecule has 0 saturated heterocycles. The highest BCUT2D eigenvalue weighted by molar-refractivity contribution is 6.36. The molecule has 0 aliphatic heterocycles. The lowest BCUT2D eigenvalue weighted by Gasteiger charge is -2.33. The predicted molar refractivity (Wildman–Crippen MR) is 151 cm³/mol. The second-order valence-electron chi connectivity index (χ2n) is 10.00. The summed E-state index contributed by atoms with van der Waals surface area (Å²) < 4.78 is 5.98. The van der Waals surface area contributed by atoms with Gasteiger partial charge in [0.2, 0.25) is 0 Å². The van der Waals surface area contributed by atoms with Crippen LogP contribution in [-0.4, -0.2) is 27.9 Å². The minimum atomic E-state index is -1.01. The van der Waals surface area contributed by atoms with E-state index in [4.69, 9.17) is 27.6 Å². The lowest BCUT2D eigenvalue weighted by atomic mass is 9.84. The molecule has 1 heterocycles. The third-order valence-electron chi connectivity index (χ3n) is 7.38. The predicted octanol–water partition coefficient (Wildman–Crippen LogP) is 8.47. The number of hydrogen-bond acceptors (Lipinski definition) is 3. The Morgan fingerprint density at radius 2 is 1.68 bits per heavy atom. The van der Waals surface area contributed by atoms with Gasteiger partial charge >= 0.3 is 5.97 Å². The SMILES string of the molecule is O=C(O)C(CC1CCCCC1)N(Cc1ccc(-c2cc3ccccc3o2)cc1)C(=O)c1ccc(Cl)cc1Cl. The number of fused-ring (bicyclic) bond motifs is 1. The number of carboxylic acid groups (broad SMARTS) is 1. The number of furan rings is 1. The molecule has 38 heavy (non-hydrogen) atoms. The second kappa shape index (κ2) is 11.6. The van der Waals surface area contributed by atoms with Crippen LogP contribution in [0.4, 0.5) is 0 Å². The highest BCUT2D eigenvalue weighted by atomic mass is 35.5. The van der Waals surface area contributed by atoms with Gasteiger partial charge in [0.1, 0.15) is 17.4 Å². The molecule has 0 spiro atoms. The van der Waals surface area contributed by atoms with Crippen LogP contribution < -0.4 is 0 Å². The molecule has 196 valence electrons. The molecule has 1 atom stereocenters. The lowest BCUT2D eigenvalue weighted by molar-refractivity contribution is -0.143. The van der Waals surface area contributed by atoms with E-state index in [-0.39, 0.29) is 23.0 Å². The van der Waals surface area contributed by atoms with Crippen LogP contribution >= 0.6 is 23.2 Å². The maximum atomic E-state index is 13.8. The minimum Gasteiger partial charge on any atom is -0.480 e. The fourth-order valence-corrected chi connectivity index (χ4v) is 5.83. The van der Waals surface area contributed by atoms with Gasteiger partial charge in [-0.25, -0.2) is 4.79 Å². The minimum absolute atomic E-state index is 0.141. The van der Waals surface area contributed by atoms with Crippen LogP contribution in [0.1, 0.15) is 54.4 Å². The van der Waals surface area contributed by atoms with E-state index in [9.17, 15) is 14.7 Å². The van der Waals surface area contributed by atoms with Crippen molar-refractivity contribution in [3.8, 4) is 11.3 Å². The summed E-state index contributed by atoms with van der Waals surface area (Å²) in [6, 6.07) is 21.2. The molecule has 7 heteroatoms. The molecule has 1 saturated carbocycles. The van der Waals surface area contributed by atoms with Gasteiger partial charge < -0.3 is 14.4 Å². The van der Waals surface area contributed by atoms with Crippen molar-refractivity contribution in [2.45, 2.75) is 51.1 Å². The van der Waals surface area contributed by atoms with Crippen LogP contribution in [0.3, 0.4) is 0 Å². The number of carbonyl (C=O) groups excluding carboxylic acids is 1. The molecule has 4 aromatic rings. The first kappa shape index (κ1) is 26.3. The van der Waals surface area contributed by atoms with Crippen molar-refractivity contribution in [1.29, 1.82) is 0 Å². The molecule has 5 nitrogen and oxygen atoms in total. The number of para-hydroxylation sites is 1. The summed E-state index contributed by atoms with van der Waals surface area (Å²) in [6.07, 6.45) is 5.76. The van der Waals surface area contributed by atoms with Gasteiger partial charge in [0.25, 0.3) is 5.91 Å². The lowest BCUT2D eigenvalue weighted by Crippen LogP contribution is -2.46. The Balaban J connectivity index is 1.44. The molecule has 0 radical (unpaired) electrons. The third-order valence-corrected chi connectivity index (χ3v) is 7.93. The summed E-state index contributed by atoms with van der Waals surface area (Å²) in [7, 11) is 0. The van der Waals surface area contributed by atoms with E-state index < -0.39 is 17.9 Å². The van der Waals surface area contributed by atoms with Crippen LogP contribution in [0.25, 0.3) is 22.3 Å². The number of hydrogen-bond donors (Lipinski definition) is 1. The Labute approximate surface area is 232 Å². The zero-order chi connectivity index (χ0) is 26.6. The van der Waals surface area contributed by atoms with E-state index in [0.29, 0.717) is 11.4 Å². The number of amides is 1. The number of carbonyl (C=O) groups is 2. The first-order chi connectivity index (χ1) is 18.4. The van der Waals surface area contributed by atoms with Gasteiger partial charge in [-0.2, -0.15) is 0 Å². The van der Waals surface area contributed by atoms with Crippen LogP contribution in [0, 0.1) is 5.92 Å². The van der Waals surface area contributed by atoms with E-state index in [1.807, 2.05) is 54.6 Å². The first-order valence-electron chi connectivity index (χ1n) is 13.0.